The van der Waals surface area contributed by atoms with Crippen molar-refractivity contribution in [3.63, 3.8) is 0 Å². The van der Waals surface area contributed by atoms with Gasteiger partial charge in [0.15, 0.2) is 5.82 Å². The number of nitrogens with zero attached hydrogens (tertiary/aromatic N) is 1. The molecule has 0 saturated heterocycles. The fraction of sp³-hybridized carbons (Fsp3) is 0.0588. The summed E-state index contributed by atoms with van der Waals surface area (Å²) in [5.41, 5.74) is 0.271. The zero-order valence-electron chi connectivity index (χ0n) is 12.3. The normalized spacial score (nSPS) is 12.1. The molecule has 0 saturated carbocycles. The van der Waals surface area contributed by atoms with Gasteiger partial charge in [0.2, 0.25) is 0 Å². The van der Waals surface area contributed by atoms with E-state index in [9.17, 15) is 18.7 Å². The number of hydrogen-bond donors (Lipinski definition) is 2. The third-order valence-corrected chi connectivity index (χ3v) is 2.91. The van der Waals surface area contributed by atoms with Crippen LogP contribution in [0.1, 0.15) is 6.92 Å². The van der Waals surface area contributed by atoms with E-state index in [2.05, 4.69) is 10.3 Å². The van der Waals surface area contributed by atoms with Gasteiger partial charge in [-0.2, -0.15) is 0 Å². The standard InChI is InChI=1S/C17H14F2N2O2/c1-11(22)14(17(23)21-13-5-3-2-4-6-13)10-20-16-8-7-12(18)9-15(16)19/h2-10,22H,1H3,(H,21,23). The Bertz CT molecular complexity index is 767. The second kappa shape index (κ2) is 7.31. The number of benzene rings is 2. The molecule has 2 N–H and O–H groups in total. The summed E-state index contributed by atoms with van der Waals surface area (Å²) in [7, 11) is 0. The number of allylic oxidation sites excluding steroid dienone is 1. The van der Waals surface area contributed by atoms with Crippen molar-refractivity contribution in [1.29, 1.82) is 0 Å². The highest BCUT2D eigenvalue weighted by Gasteiger charge is 2.12. The fourth-order valence-electron chi connectivity index (χ4n) is 1.76. The second-order valence-electron chi connectivity index (χ2n) is 4.67. The maximum Gasteiger partial charge on any atom is 0.260 e. The number of aliphatic hydroxyl groups is 1. The highest BCUT2D eigenvalue weighted by molar-refractivity contribution is 6.18. The topological polar surface area (TPSA) is 61.7 Å². The molecule has 0 aliphatic rings. The number of halogens is 2. The summed E-state index contributed by atoms with van der Waals surface area (Å²) < 4.78 is 26.4. The van der Waals surface area contributed by atoms with E-state index in [1.54, 1.807) is 30.3 Å². The smallest absolute Gasteiger partial charge is 0.260 e. The van der Waals surface area contributed by atoms with Crippen LogP contribution in [-0.2, 0) is 4.79 Å². The van der Waals surface area contributed by atoms with Crippen molar-refractivity contribution in [2.75, 3.05) is 5.32 Å². The Labute approximate surface area is 131 Å². The second-order valence-corrected chi connectivity index (χ2v) is 4.67. The van der Waals surface area contributed by atoms with Gasteiger partial charge in [0.05, 0.1) is 11.3 Å². The zero-order chi connectivity index (χ0) is 16.8. The SMILES string of the molecule is CC(O)=C(C=Nc1ccc(F)cc1F)C(=O)Nc1ccccc1. The van der Waals surface area contributed by atoms with Crippen LogP contribution in [0.25, 0.3) is 0 Å². The third kappa shape index (κ3) is 4.47. The summed E-state index contributed by atoms with van der Waals surface area (Å²) in [6.45, 7) is 1.31. The van der Waals surface area contributed by atoms with E-state index in [0.717, 1.165) is 18.3 Å². The minimum absolute atomic E-state index is 0.127. The molecule has 2 rings (SSSR count). The predicted octanol–water partition coefficient (Wildman–Crippen LogP) is 4.14. The van der Waals surface area contributed by atoms with Gasteiger partial charge in [0, 0.05) is 18.0 Å². The van der Waals surface area contributed by atoms with Crippen molar-refractivity contribution >= 4 is 23.5 Å². The van der Waals surface area contributed by atoms with Crippen LogP contribution in [0, 0.1) is 11.6 Å². The van der Waals surface area contributed by atoms with Crippen molar-refractivity contribution in [2.45, 2.75) is 6.92 Å². The Morgan fingerprint density at radius 2 is 1.87 bits per heavy atom. The Balaban J connectivity index is 2.21. The molecule has 0 spiro atoms. The van der Waals surface area contributed by atoms with Crippen LogP contribution >= 0.6 is 0 Å². The van der Waals surface area contributed by atoms with Crippen molar-refractivity contribution in [3.8, 4) is 0 Å². The lowest BCUT2D eigenvalue weighted by Crippen LogP contribution is -2.16. The van der Waals surface area contributed by atoms with Crippen LogP contribution in [0.3, 0.4) is 0 Å². The molecule has 118 valence electrons. The lowest BCUT2D eigenvalue weighted by Gasteiger charge is -2.06. The maximum atomic E-state index is 13.5. The quantitative estimate of drug-likeness (QED) is 0.506. The minimum atomic E-state index is -0.861. The predicted molar refractivity (Wildman–Crippen MR) is 84.9 cm³/mol. The molecule has 0 aromatic heterocycles. The van der Waals surface area contributed by atoms with Gasteiger partial charge in [-0.1, -0.05) is 18.2 Å². The van der Waals surface area contributed by atoms with Crippen molar-refractivity contribution in [2.24, 2.45) is 4.99 Å². The molecule has 0 unspecified atom stereocenters. The van der Waals surface area contributed by atoms with E-state index < -0.39 is 17.5 Å². The highest BCUT2D eigenvalue weighted by Crippen LogP contribution is 2.18. The van der Waals surface area contributed by atoms with Gasteiger partial charge in [-0.25, -0.2) is 8.78 Å². The Kier molecular flexibility index (Phi) is 5.19. The van der Waals surface area contributed by atoms with Crippen LogP contribution < -0.4 is 5.32 Å². The van der Waals surface area contributed by atoms with Gasteiger partial charge >= 0.3 is 0 Å². The first-order valence-electron chi connectivity index (χ1n) is 6.72. The first-order chi connectivity index (χ1) is 11.0. The monoisotopic (exact) mass is 316 g/mol. The zero-order valence-corrected chi connectivity index (χ0v) is 12.3. The average molecular weight is 316 g/mol. The molecule has 0 aliphatic carbocycles. The molecule has 0 heterocycles. The molecule has 0 bridgehead atoms. The van der Waals surface area contributed by atoms with Crippen molar-refractivity contribution < 1.29 is 18.7 Å². The third-order valence-electron chi connectivity index (χ3n) is 2.91. The largest absolute Gasteiger partial charge is 0.512 e. The average Bonchev–Trinajstić information content (AvgIpc) is 2.50. The van der Waals surface area contributed by atoms with E-state index >= 15 is 0 Å². The van der Waals surface area contributed by atoms with Gasteiger partial charge in [-0.15, -0.1) is 0 Å². The summed E-state index contributed by atoms with van der Waals surface area (Å²) in [6, 6.07) is 11.5. The van der Waals surface area contributed by atoms with Gasteiger partial charge in [-0.3, -0.25) is 9.79 Å². The molecule has 2 aromatic rings. The number of rotatable bonds is 4. The minimum Gasteiger partial charge on any atom is -0.512 e. The van der Waals surface area contributed by atoms with E-state index in [1.165, 1.54) is 6.92 Å². The lowest BCUT2D eigenvalue weighted by atomic mass is 10.2. The van der Waals surface area contributed by atoms with Gasteiger partial charge in [0.25, 0.3) is 5.91 Å². The van der Waals surface area contributed by atoms with Gasteiger partial charge < -0.3 is 10.4 Å². The van der Waals surface area contributed by atoms with Crippen molar-refractivity contribution in [3.05, 3.63) is 71.5 Å². The summed E-state index contributed by atoms with van der Waals surface area (Å²) >= 11 is 0. The number of carbonyl (C=O) groups excluding carboxylic acids is 1. The number of carbonyl (C=O) groups is 1. The highest BCUT2D eigenvalue weighted by atomic mass is 19.1. The molecule has 4 nitrogen and oxygen atoms in total. The van der Waals surface area contributed by atoms with Crippen LogP contribution in [-0.4, -0.2) is 17.2 Å². The van der Waals surface area contributed by atoms with Gasteiger partial charge in [0.1, 0.15) is 11.6 Å². The maximum absolute atomic E-state index is 13.5. The molecular formula is C17H14F2N2O2. The summed E-state index contributed by atoms with van der Waals surface area (Å²) in [5.74, 6) is -2.45. The number of hydrogen-bond acceptors (Lipinski definition) is 3. The molecular weight excluding hydrogens is 302 g/mol. The first kappa shape index (κ1) is 16.4. The van der Waals surface area contributed by atoms with Crippen LogP contribution in [0.4, 0.5) is 20.2 Å². The van der Waals surface area contributed by atoms with Crippen molar-refractivity contribution in [1.82, 2.24) is 0 Å². The Morgan fingerprint density at radius 3 is 2.48 bits per heavy atom. The molecule has 6 heteroatoms. The summed E-state index contributed by atoms with van der Waals surface area (Å²) in [4.78, 5) is 15.9. The lowest BCUT2D eigenvalue weighted by molar-refractivity contribution is -0.112. The number of aliphatic imine (C=N–C) groups is 1. The molecule has 1 amide bonds. The van der Waals surface area contributed by atoms with Crippen LogP contribution in [0.15, 0.2) is 64.9 Å². The molecule has 0 radical (unpaired) electrons. The van der Waals surface area contributed by atoms with E-state index in [4.69, 9.17) is 0 Å². The van der Waals surface area contributed by atoms with E-state index in [0.29, 0.717) is 11.8 Å². The molecule has 23 heavy (non-hydrogen) atoms. The van der Waals surface area contributed by atoms with Gasteiger partial charge in [-0.05, 0) is 31.2 Å². The number of anilines is 1. The van der Waals surface area contributed by atoms with E-state index in [-0.39, 0.29) is 17.0 Å². The summed E-state index contributed by atoms with van der Waals surface area (Å²) in [5, 5.41) is 12.2. The van der Waals surface area contributed by atoms with Crippen LogP contribution in [0.2, 0.25) is 0 Å². The number of para-hydroxylation sites is 1. The fourth-order valence-corrected chi connectivity index (χ4v) is 1.76. The Hall–Kier alpha value is -3.02. The van der Waals surface area contributed by atoms with E-state index in [1.807, 2.05) is 0 Å². The number of nitrogens with one attached hydrogen (secondary N) is 1. The summed E-state index contributed by atoms with van der Waals surface area (Å²) in [6.07, 6.45) is 1.03. The van der Waals surface area contributed by atoms with Crippen LogP contribution in [0.5, 0.6) is 0 Å². The number of aliphatic hydroxyl groups excluding tert-OH is 1. The molecule has 0 aliphatic heterocycles. The molecule has 0 atom stereocenters. The molecule has 2 aromatic carbocycles. The first-order valence-corrected chi connectivity index (χ1v) is 6.72. The Morgan fingerprint density at radius 1 is 1.17 bits per heavy atom. The number of amides is 1. The molecule has 0 fully saturated rings.